The van der Waals surface area contributed by atoms with Crippen molar-refractivity contribution < 1.29 is 14.6 Å². The van der Waals surface area contributed by atoms with Crippen LogP contribution in [0.2, 0.25) is 0 Å². The molecule has 7 heteroatoms. The molecule has 134 valence electrons. The van der Waals surface area contributed by atoms with E-state index in [2.05, 4.69) is 27.5 Å². The second-order valence-electron chi connectivity index (χ2n) is 6.82. The average Bonchev–Trinajstić information content (AvgIpc) is 3.23. The lowest BCUT2D eigenvalue weighted by Crippen LogP contribution is -2.34. The van der Waals surface area contributed by atoms with Crippen molar-refractivity contribution in [3.63, 3.8) is 0 Å². The maximum atomic E-state index is 9.64. The number of hydrogen-bond acceptors (Lipinski definition) is 6. The molecule has 0 aliphatic carbocycles. The second-order valence-corrected chi connectivity index (χ2v) is 6.82. The van der Waals surface area contributed by atoms with Crippen LogP contribution in [0.25, 0.3) is 11.3 Å². The minimum absolute atomic E-state index is 0.222. The van der Waals surface area contributed by atoms with Gasteiger partial charge >= 0.3 is 0 Å². The molecule has 0 saturated carbocycles. The highest BCUT2D eigenvalue weighted by atomic mass is 16.6. The standard InChI is InChI=1S/C18H24N4O3/c1-22(11-14-7-15(23)9-19-14)10-13-8-20-21-18(13)12-2-3-16-17(6-12)25-5-4-24-16/h2-3,6,8,14-15,19,23H,4-5,7,9-11H2,1H3,(H,20,21)/t14-,15+/m0/s1. The van der Waals surface area contributed by atoms with Gasteiger partial charge < -0.3 is 24.8 Å². The van der Waals surface area contributed by atoms with Crippen molar-refractivity contribution in [3.8, 4) is 22.8 Å². The Morgan fingerprint density at radius 2 is 2.12 bits per heavy atom. The molecule has 4 rings (SSSR count). The van der Waals surface area contributed by atoms with E-state index in [0.29, 0.717) is 25.8 Å². The summed E-state index contributed by atoms with van der Waals surface area (Å²) in [5.41, 5.74) is 3.18. The monoisotopic (exact) mass is 344 g/mol. The molecule has 0 spiro atoms. The van der Waals surface area contributed by atoms with Gasteiger partial charge in [-0.25, -0.2) is 0 Å². The van der Waals surface area contributed by atoms with Crippen LogP contribution in [0.3, 0.4) is 0 Å². The summed E-state index contributed by atoms with van der Waals surface area (Å²) in [6.07, 6.45) is 2.46. The Bertz CT molecular complexity index is 733. The minimum Gasteiger partial charge on any atom is -0.486 e. The Balaban J connectivity index is 1.47. The Kier molecular flexibility index (Phi) is 4.61. The maximum absolute atomic E-state index is 9.64. The summed E-state index contributed by atoms with van der Waals surface area (Å²) < 4.78 is 11.3. The molecule has 7 nitrogen and oxygen atoms in total. The normalized spacial score (nSPS) is 22.5. The van der Waals surface area contributed by atoms with Gasteiger partial charge in [0, 0.05) is 36.8 Å². The van der Waals surface area contributed by atoms with Crippen LogP contribution in [0.4, 0.5) is 0 Å². The van der Waals surface area contributed by atoms with Crippen molar-refractivity contribution in [2.75, 3.05) is 33.4 Å². The van der Waals surface area contributed by atoms with Crippen molar-refractivity contribution in [2.45, 2.75) is 25.1 Å². The number of aliphatic hydroxyl groups excluding tert-OH is 1. The van der Waals surface area contributed by atoms with Gasteiger partial charge in [0.25, 0.3) is 0 Å². The number of H-pyrrole nitrogens is 1. The summed E-state index contributed by atoms with van der Waals surface area (Å²) in [7, 11) is 2.09. The van der Waals surface area contributed by atoms with Crippen LogP contribution < -0.4 is 14.8 Å². The number of benzene rings is 1. The van der Waals surface area contributed by atoms with Gasteiger partial charge in [0.1, 0.15) is 13.2 Å². The molecule has 3 N–H and O–H groups in total. The number of β-amino-alcohol motifs (C(OH)–C–C–N with tert-alkyl or cyclic N) is 1. The fraction of sp³-hybridized carbons (Fsp3) is 0.500. The predicted octanol–water partition coefficient (Wildman–Crippen LogP) is 1.00. The third kappa shape index (κ3) is 3.63. The predicted molar refractivity (Wildman–Crippen MR) is 93.8 cm³/mol. The van der Waals surface area contributed by atoms with Gasteiger partial charge in [-0.05, 0) is 31.7 Å². The fourth-order valence-electron chi connectivity index (χ4n) is 3.55. The molecule has 25 heavy (non-hydrogen) atoms. The molecule has 1 fully saturated rings. The number of rotatable bonds is 5. The summed E-state index contributed by atoms with van der Waals surface area (Å²) in [6.45, 7) is 3.54. The molecule has 2 atom stereocenters. The van der Waals surface area contributed by atoms with E-state index in [1.807, 2.05) is 24.4 Å². The van der Waals surface area contributed by atoms with E-state index in [-0.39, 0.29) is 6.10 Å². The third-order valence-electron chi connectivity index (χ3n) is 4.72. The van der Waals surface area contributed by atoms with Crippen molar-refractivity contribution >= 4 is 0 Å². The zero-order chi connectivity index (χ0) is 17.2. The van der Waals surface area contributed by atoms with Crippen LogP contribution in [0, 0.1) is 0 Å². The zero-order valence-electron chi connectivity index (χ0n) is 14.4. The first-order valence-corrected chi connectivity index (χ1v) is 8.71. The molecule has 0 radical (unpaired) electrons. The van der Waals surface area contributed by atoms with Crippen LogP contribution in [0.15, 0.2) is 24.4 Å². The molecule has 2 aromatic rings. The van der Waals surface area contributed by atoms with E-state index >= 15 is 0 Å². The van der Waals surface area contributed by atoms with E-state index in [1.165, 1.54) is 0 Å². The Labute approximate surface area is 146 Å². The molecule has 0 amide bonds. The van der Waals surface area contributed by atoms with Crippen LogP contribution in [0.5, 0.6) is 11.5 Å². The minimum atomic E-state index is -0.222. The van der Waals surface area contributed by atoms with Gasteiger partial charge in [0.05, 0.1) is 18.0 Å². The summed E-state index contributed by atoms with van der Waals surface area (Å²) in [5, 5.41) is 20.3. The lowest BCUT2D eigenvalue weighted by molar-refractivity contribution is 0.171. The van der Waals surface area contributed by atoms with Crippen LogP contribution in [-0.4, -0.2) is 65.7 Å². The number of fused-ring (bicyclic) bond motifs is 1. The maximum Gasteiger partial charge on any atom is 0.162 e. The van der Waals surface area contributed by atoms with Crippen molar-refractivity contribution in [1.82, 2.24) is 20.4 Å². The number of nitrogens with one attached hydrogen (secondary N) is 2. The Hall–Kier alpha value is -2.09. The molecular weight excluding hydrogens is 320 g/mol. The van der Waals surface area contributed by atoms with E-state index in [9.17, 15) is 5.11 Å². The molecular formula is C18H24N4O3. The highest BCUT2D eigenvalue weighted by Gasteiger charge is 2.23. The molecule has 2 aliphatic heterocycles. The first-order chi connectivity index (χ1) is 12.2. The van der Waals surface area contributed by atoms with Gasteiger partial charge in [-0.1, -0.05) is 0 Å². The molecule has 0 unspecified atom stereocenters. The first-order valence-electron chi connectivity index (χ1n) is 8.71. The number of aromatic nitrogens is 2. The van der Waals surface area contributed by atoms with Gasteiger partial charge in [-0.3, -0.25) is 5.10 Å². The topological polar surface area (TPSA) is 82.6 Å². The van der Waals surface area contributed by atoms with Crippen molar-refractivity contribution in [2.24, 2.45) is 0 Å². The molecule has 1 aromatic heterocycles. The van der Waals surface area contributed by atoms with Gasteiger partial charge in [-0.15, -0.1) is 0 Å². The zero-order valence-corrected chi connectivity index (χ0v) is 14.4. The summed E-state index contributed by atoms with van der Waals surface area (Å²) in [5.74, 6) is 1.57. The highest BCUT2D eigenvalue weighted by Crippen LogP contribution is 2.35. The van der Waals surface area contributed by atoms with Gasteiger partial charge in [0.2, 0.25) is 0 Å². The lowest BCUT2D eigenvalue weighted by Gasteiger charge is -2.21. The summed E-state index contributed by atoms with van der Waals surface area (Å²) in [6, 6.07) is 6.31. The molecule has 3 heterocycles. The van der Waals surface area contributed by atoms with Crippen LogP contribution >= 0.6 is 0 Å². The number of aromatic amines is 1. The highest BCUT2D eigenvalue weighted by molar-refractivity contribution is 5.66. The lowest BCUT2D eigenvalue weighted by atomic mass is 10.1. The molecule has 1 saturated heterocycles. The SMILES string of the molecule is CN(Cc1cn[nH]c1-c1ccc2c(c1)OCCO2)C[C@@H]1C[C@@H](O)CN1. The number of likely N-dealkylation sites (N-methyl/N-ethyl adjacent to an activating group) is 1. The Morgan fingerprint density at radius 1 is 1.28 bits per heavy atom. The van der Waals surface area contributed by atoms with Gasteiger partial charge in [-0.2, -0.15) is 5.10 Å². The summed E-state index contributed by atoms with van der Waals surface area (Å²) >= 11 is 0. The fourth-order valence-corrected chi connectivity index (χ4v) is 3.55. The van der Waals surface area contributed by atoms with Crippen molar-refractivity contribution in [1.29, 1.82) is 0 Å². The van der Waals surface area contributed by atoms with Crippen LogP contribution in [0.1, 0.15) is 12.0 Å². The molecule has 1 aromatic carbocycles. The summed E-state index contributed by atoms with van der Waals surface area (Å²) in [4.78, 5) is 2.25. The molecule has 2 aliphatic rings. The number of aliphatic hydroxyl groups is 1. The van der Waals surface area contributed by atoms with E-state index < -0.39 is 0 Å². The largest absolute Gasteiger partial charge is 0.486 e. The van der Waals surface area contributed by atoms with Gasteiger partial charge in [0.15, 0.2) is 11.5 Å². The smallest absolute Gasteiger partial charge is 0.162 e. The third-order valence-corrected chi connectivity index (χ3v) is 4.72. The molecule has 0 bridgehead atoms. The van der Waals surface area contributed by atoms with Crippen LogP contribution in [-0.2, 0) is 6.54 Å². The quantitative estimate of drug-likeness (QED) is 0.751. The number of nitrogens with zero attached hydrogens (tertiary/aromatic N) is 2. The first kappa shape index (κ1) is 16.4. The van der Waals surface area contributed by atoms with E-state index in [4.69, 9.17) is 9.47 Å². The number of hydrogen-bond donors (Lipinski definition) is 3. The van der Waals surface area contributed by atoms with Crippen molar-refractivity contribution in [3.05, 3.63) is 30.0 Å². The van der Waals surface area contributed by atoms with E-state index in [1.54, 1.807) is 0 Å². The number of ether oxygens (including phenoxy) is 2. The second kappa shape index (κ2) is 7.03. The van der Waals surface area contributed by atoms with E-state index in [0.717, 1.165) is 47.8 Å². The average molecular weight is 344 g/mol. The Morgan fingerprint density at radius 3 is 2.92 bits per heavy atom.